The minimum atomic E-state index is -2.93. The Hall–Kier alpha value is -2.24. The number of ether oxygens (including phenoxy) is 2. The van der Waals surface area contributed by atoms with E-state index in [1.807, 2.05) is 0 Å². The second-order valence-electron chi connectivity index (χ2n) is 10.2. The Morgan fingerprint density at radius 1 is 0.886 bits per heavy atom. The summed E-state index contributed by atoms with van der Waals surface area (Å²) in [6.07, 6.45) is 12.8. The second kappa shape index (κ2) is 12.1. The zero-order valence-electron chi connectivity index (χ0n) is 20.4. The molecule has 6 heteroatoms. The smallest absolute Gasteiger partial charge is 0.387 e. The SMILES string of the molecule is CCCC[C@H]1CC[C@H](C2CCC(c3c(F)c[c]c(Oc4ccc(OC(F)F)cc4)c3F)CC2)CC1. The molecule has 191 valence electrons. The summed E-state index contributed by atoms with van der Waals surface area (Å²) in [7, 11) is 0. The highest BCUT2D eigenvalue weighted by Crippen LogP contribution is 2.46. The van der Waals surface area contributed by atoms with Gasteiger partial charge in [-0.1, -0.05) is 39.0 Å². The molecule has 0 N–H and O–H groups in total. The van der Waals surface area contributed by atoms with Gasteiger partial charge in [0.1, 0.15) is 17.3 Å². The van der Waals surface area contributed by atoms with E-state index in [0.29, 0.717) is 5.92 Å². The van der Waals surface area contributed by atoms with Crippen molar-refractivity contribution in [2.45, 2.75) is 90.1 Å². The van der Waals surface area contributed by atoms with Gasteiger partial charge in [0.25, 0.3) is 0 Å². The summed E-state index contributed by atoms with van der Waals surface area (Å²) in [5, 5.41) is 0. The fourth-order valence-corrected chi connectivity index (χ4v) is 6.07. The lowest BCUT2D eigenvalue weighted by Gasteiger charge is -2.38. The van der Waals surface area contributed by atoms with Crippen molar-refractivity contribution in [2.75, 3.05) is 0 Å². The first kappa shape index (κ1) is 25.8. The third-order valence-corrected chi connectivity index (χ3v) is 8.00. The van der Waals surface area contributed by atoms with Crippen molar-refractivity contribution < 1.29 is 27.0 Å². The molecular weight excluding hydrogens is 456 g/mol. The Bertz CT molecular complexity index is 930. The van der Waals surface area contributed by atoms with Crippen LogP contribution in [0.5, 0.6) is 17.2 Å². The highest BCUT2D eigenvalue weighted by atomic mass is 19.3. The van der Waals surface area contributed by atoms with E-state index in [9.17, 15) is 13.2 Å². The van der Waals surface area contributed by atoms with Crippen LogP contribution < -0.4 is 9.47 Å². The molecule has 2 fully saturated rings. The Morgan fingerprint density at radius 2 is 1.49 bits per heavy atom. The van der Waals surface area contributed by atoms with E-state index in [-0.39, 0.29) is 28.7 Å². The molecule has 0 bridgehead atoms. The van der Waals surface area contributed by atoms with E-state index < -0.39 is 18.2 Å². The first-order valence-electron chi connectivity index (χ1n) is 13.1. The van der Waals surface area contributed by atoms with Gasteiger partial charge in [-0.2, -0.15) is 8.78 Å². The zero-order chi connectivity index (χ0) is 24.8. The van der Waals surface area contributed by atoms with E-state index in [1.54, 1.807) is 0 Å². The van der Waals surface area contributed by atoms with E-state index in [2.05, 4.69) is 17.7 Å². The number of halogens is 4. The third kappa shape index (κ3) is 6.71. The van der Waals surface area contributed by atoms with Gasteiger partial charge in [-0.3, -0.25) is 0 Å². The molecule has 2 aromatic rings. The largest absolute Gasteiger partial charge is 0.454 e. The molecule has 2 aliphatic carbocycles. The molecular formula is C29H35F4O2. The average molecular weight is 492 g/mol. The maximum absolute atomic E-state index is 15.3. The molecule has 35 heavy (non-hydrogen) atoms. The second-order valence-corrected chi connectivity index (χ2v) is 10.2. The van der Waals surface area contributed by atoms with Crippen LogP contribution in [0.3, 0.4) is 0 Å². The summed E-state index contributed by atoms with van der Waals surface area (Å²) in [5.41, 5.74) is 0.0816. The van der Waals surface area contributed by atoms with E-state index in [1.165, 1.54) is 69.2 Å². The molecule has 2 nitrogen and oxygen atoms in total. The van der Waals surface area contributed by atoms with Crippen molar-refractivity contribution in [3.8, 4) is 17.2 Å². The molecule has 0 amide bonds. The maximum atomic E-state index is 15.3. The molecule has 0 unspecified atom stereocenters. The zero-order valence-corrected chi connectivity index (χ0v) is 20.4. The molecule has 0 saturated heterocycles. The van der Waals surface area contributed by atoms with Gasteiger partial charge in [0, 0.05) is 11.6 Å². The number of hydrogen-bond acceptors (Lipinski definition) is 2. The molecule has 0 aliphatic heterocycles. The number of alkyl halides is 2. The standard InChI is InChI=1S/C29H35F4O2/c1-2-3-4-19-5-7-20(8-6-19)21-9-11-22(12-10-21)27-25(30)17-18-26(28(27)31)34-23-13-15-24(16-14-23)35-29(32)33/h13-17,19-22,29H,2-12H2,1H3/t19-,20-,21?,22?. The summed E-state index contributed by atoms with van der Waals surface area (Å²) >= 11 is 0. The molecule has 2 aromatic carbocycles. The van der Waals surface area contributed by atoms with E-state index in [0.717, 1.165) is 43.6 Å². The van der Waals surface area contributed by atoms with Crippen molar-refractivity contribution in [1.82, 2.24) is 0 Å². The van der Waals surface area contributed by atoms with Crippen molar-refractivity contribution in [3.05, 3.63) is 53.6 Å². The summed E-state index contributed by atoms with van der Waals surface area (Å²) in [4.78, 5) is 0. The van der Waals surface area contributed by atoms with Crippen molar-refractivity contribution in [3.63, 3.8) is 0 Å². The molecule has 2 aliphatic rings. The molecule has 4 rings (SSSR count). The highest BCUT2D eigenvalue weighted by molar-refractivity contribution is 5.39. The topological polar surface area (TPSA) is 18.5 Å². The van der Waals surface area contributed by atoms with Gasteiger partial charge >= 0.3 is 6.61 Å². The normalized spacial score (nSPS) is 25.0. The number of rotatable bonds is 9. The Kier molecular flexibility index (Phi) is 8.96. The minimum absolute atomic E-state index is 0.0252. The summed E-state index contributed by atoms with van der Waals surface area (Å²) in [6, 6.07) is 9.08. The number of unbranched alkanes of at least 4 members (excludes halogenated alkanes) is 1. The van der Waals surface area contributed by atoms with Gasteiger partial charge in [0.05, 0.1) is 0 Å². The Balaban J connectivity index is 1.35. The van der Waals surface area contributed by atoms with Gasteiger partial charge in [-0.15, -0.1) is 0 Å². The molecule has 0 aromatic heterocycles. The molecule has 1 radical (unpaired) electrons. The van der Waals surface area contributed by atoms with Crippen LogP contribution in [0.15, 0.2) is 30.3 Å². The van der Waals surface area contributed by atoms with Crippen LogP contribution in [0, 0.1) is 35.5 Å². The van der Waals surface area contributed by atoms with Gasteiger partial charge in [0.15, 0.2) is 11.6 Å². The van der Waals surface area contributed by atoms with Crippen LogP contribution in [0.2, 0.25) is 0 Å². The predicted molar refractivity (Wildman–Crippen MR) is 128 cm³/mol. The van der Waals surface area contributed by atoms with Crippen LogP contribution in [-0.4, -0.2) is 6.61 Å². The predicted octanol–water partition coefficient (Wildman–Crippen LogP) is 9.43. The highest BCUT2D eigenvalue weighted by Gasteiger charge is 2.33. The summed E-state index contributed by atoms with van der Waals surface area (Å²) in [6.45, 7) is -0.676. The molecule has 0 spiro atoms. The minimum Gasteiger partial charge on any atom is -0.454 e. The van der Waals surface area contributed by atoms with E-state index in [4.69, 9.17) is 4.74 Å². The average Bonchev–Trinajstić information content (AvgIpc) is 2.86. The van der Waals surface area contributed by atoms with Gasteiger partial charge < -0.3 is 9.47 Å². The summed E-state index contributed by atoms with van der Waals surface area (Å²) in [5.74, 6) is 0.835. The molecule has 2 saturated carbocycles. The van der Waals surface area contributed by atoms with Crippen LogP contribution in [0.1, 0.15) is 89.0 Å². The van der Waals surface area contributed by atoms with Gasteiger partial charge in [-0.05, 0) is 92.5 Å². The lowest BCUT2D eigenvalue weighted by molar-refractivity contribution is -0.0498. The third-order valence-electron chi connectivity index (χ3n) is 8.00. The fraction of sp³-hybridized carbons (Fsp3) is 0.586. The first-order chi connectivity index (χ1) is 16.9. The van der Waals surface area contributed by atoms with Crippen LogP contribution in [0.4, 0.5) is 17.6 Å². The maximum Gasteiger partial charge on any atom is 0.387 e. The lowest BCUT2D eigenvalue weighted by Crippen LogP contribution is -2.26. The van der Waals surface area contributed by atoms with E-state index >= 15 is 4.39 Å². The number of benzene rings is 2. The number of hydrogen-bond donors (Lipinski definition) is 0. The van der Waals surface area contributed by atoms with Crippen LogP contribution >= 0.6 is 0 Å². The fourth-order valence-electron chi connectivity index (χ4n) is 6.07. The first-order valence-corrected chi connectivity index (χ1v) is 13.1. The van der Waals surface area contributed by atoms with Crippen molar-refractivity contribution >= 4 is 0 Å². The van der Waals surface area contributed by atoms with Crippen molar-refractivity contribution in [1.29, 1.82) is 0 Å². The summed E-state index contributed by atoms with van der Waals surface area (Å²) < 4.78 is 64.6. The van der Waals surface area contributed by atoms with Gasteiger partial charge in [0.2, 0.25) is 0 Å². The molecule has 0 atom stereocenters. The van der Waals surface area contributed by atoms with Crippen LogP contribution in [-0.2, 0) is 0 Å². The van der Waals surface area contributed by atoms with Crippen molar-refractivity contribution in [2.24, 2.45) is 17.8 Å². The Morgan fingerprint density at radius 3 is 2.09 bits per heavy atom. The van der Waals surface area contributed by atoms with Gasteiger partial charge in [-0.25, -0.2) is 8.78 Å². The quantitative estimate of drug-likeness (QED) is 0.325. The van der Waals surface area contributed by atoms with Crippen LogP contribution in [0.25, 0.3) is 0 Å². The Labute approximate surface area is 206 Å². The molecule has 0 heterocycles. The monoisotopic (exact) mass is 491 g/mol. The lowest BCUT2D eigenvalue weighted by atomic mass is 9.68.